The van der Waals surface area contributed by atoms with E-state index in [0.29, 0.717) is 31.1 Å². The molecule has 1 saturated heterocycles. The molecule has 0 saturated carbocycles. The fourth-order valence-electron chi connectivity index (χ4n) is 3.90. The van der Waals surface area contributed by atoms with Gasteiger partial charge >= 0.3 is 0 Å². The van der Waals surface area contributed by atoms with Crippen LogP contribution in [0.1, 0.15) is 29.2 Å². The third-order valence-electron chi connectivity index (χ3n) is 6.01. The van der Waals surface area contributed by atoms with Crippen LogP contribution < -0.4 is 5.32 Å². The molecule has 1 heterocycles. The summed E-state index contributed by atoms with van der Waals surface area (Å²) in [5.74, 6) is -0.0217. The van der Waals surface area contributed by atoms with Crippen molar-refractivity contribution in [2.75, 3.05) is 32.7 Å². The molecule has 7 heteroatoms. The van der Waals surface area contributed by atoms with Gasteiger partial charge in [0.15, 0.2) is 0 Å². The Kier molecular flexibility index (Phi) is 7.51. The van der Waals surface area contributed by atoms with Crippen LogP contribution in [0.15, 0.2) is 47.4 Å². The molecule has 168 valence electrons. The van der Waals surface area contributed by atoms with Gasteiger partial charge in [-0.3, -0.25) is 9.69 Å². The molecule has 1 fully saturated rings. The van der Waals surface area contributed by atoms with Crippen molar-refractivity contribution in [3.8, 4) is 0 Å². The van der Waals surface area contributed by atoms with E-state index in [0.717, 1.165) is 17.5 Å². The van der Waals surface area contributed by atoms with E-state index in [1.165, 1.54) is 15.4 Å². The molecule has 3 rings (SSSR count). The minimum absolute atomic E-state index is 0.0217. The molecule has 1 N–H and O–H groups in total. The highest BCUT2D eigenvalue weighted by molar-refractivity contribution is 7.89. The van der Waals surface area contributed by atoms with Crippen LogP contribution in [0.5, 0.6) is 0 Å². The van der Waals surface area contributed by atoms with Gasteiger partial charge in [-0.1, -0.05) is 30.3 Å². The summed E-state index contributed by atoms with van der Waals surface area (Å²) >= 11 is 0. The molecule has 1 aliphatic heterocycles. The molecule has 0 radical (unpaired) electrons. The number of hydrogen-bond acceptors (Lipinski definition) is 4. The molecule has 1 unspecified atom stereocenters. The largest absolute Gasteiger partial charge is 0.352 e. The number of nitrogens with zero attached hydrogens (tertiary/aromatic N) is 2. The number of aryl methyl sites for hydroxylation is 3. The Morgan fingerprint density at radius 1 is 0.968 bits per heavy atom. The lowest BCUT2D eigenvalue weighted by molar-refractivity contribution is -0.123. The zero-order valence-electron chi connectivity index (χ0n) is 18.9. The van der Waals surface area contributed by atoms with Gasteiger partial charge in [-0.2, -0.15) is 4.31 Å². The second-order valence-electron chi connectivity index (χ2n) is 8.53. The summed E-state index contributed by atoms with van der Waals surface area (Å²) in [5, 5.41) is 3.07. The Labute approximate surface area is 186 Å². The van der Waals surface area contributed by atoms with Crippen LogP contribution in [0, 0.1) is 20.8 Å². The summed E-state index contributed by atoms with van der Waals surface area (Å²) in [5.41, 5.74) is 4.51. The lowest BCUT2D eigenvalue weighted by Crippen LogP contribution is -2.51. The summed E-state index contributed by atoms with van der Waals surface area (Å²) in [4.78, 5) is 14.8. The SMILES string of the molecule is Cc1ccc(S(=O)(=O)N2CCN(CC(=O)NC(C)Cc3ccccc3C)CC2)cc1C. The normalized spacial score (nSPS) is 16.8. The molecule has 0 aromatic heterocycles. The van der Waals surface area contributed by atoms with Crippen LogP contribution in [-0.2, 0) is 21.2 Å². The van der Waals surface area contributed by atoms with Crippen LogP contribution in [0.25, 0.3) is 0 Å². The van der Waals surface area contributed by atoms with Crippen LogP contribution in [0.3, 0.4) is 0 Å². The first-order valence-corrected chi connectivity index (χ1v) is 12.2. The highest BCUT2D eigenvalue weighted by Gasteiger charge is 2.29. The van der Waals surface area contributed by atoms with Crippen molar-refractivity contribution in [2.24, 2.45) is 0 Å². The summed E-state index contributed by atoms with van der Waals surface area (Å²) in [7, 11) is -3.50. The van der Waals surface area contributed by atoms with Gasteiger partial charge in [-0.15, -0.1) is 0 Å². The average Bonchev–Trinajstić information content (AvgIpc) is 2.72. The third kappa shape index (κ3) is 5.93. The van der Waals surface area contributed by atoms with E-state index in [1.54, 1.807) is 12.1 Å². The summed E-state index contributed by atoms with van der Waals surface area (Å²) in [6.45, 7) is 10.1. The predicted molar refractivity (Wildman–Crippen MR) is 124 cm³/mol. The van der Waals surface area contributed by atoms with E-state index in [2.05, 4.69) is 24.4 Å². The van der Waals surface area contributed by atoms with Crippen molar-refractivity contribution >= 4 is 15.9 Å². The molecule has 2 aromatic carbocycles. The number of carbonyl (C=O) groups is 1. The second-order valence-corrected chi connectivity index (χ2v) is 10.5. The third-order valence-corrected chi connectivity index (χ3v) is 7.90. The molecule has 6 nitrogen and oxygen atoms in total. The summed E-state index contributed by atoms with van der Waals surface area (Å²) in [6, 6.07) is 13.5. The number of amides is 1. The number of hydrogen-bond donors (Lipinski definition) is 1. The Bertz CT molecular complexity index is 1030. The lowest BCUT2D eigenvalue weighted by Gasteiger charge is -2.33. The highest BCUT2D eigenvalue weighted by atomic mass is 32.2. The van der Waals surface area contributed by atoms with E-state index >= 15 is 0 Å². The maximum atomic E-state index is 13.0. The lowest BCUT2D eigenvalue weighted by atomic mass is 10.0. The first-order valence-electron chi connectivity index (χ1n) is 10.8. The Morgan fingerprint density at radius 2 is 1.65 bits per heavy atom. The van der Waals surface area contributed by atoms with Gasteiger partial charge < -0.3 is 5.32 Å². The topological polar surface area (TPSA) is 69.7 Å². The zero-order chi connectivity index (χ0) is 22.6. The molecule has 0 aliphatic carbocycles. The first kappa shape index (κ1) is 23.4. The molecule has 1 atom stereocenters. The van der Waals surface area contributed by atoms with E-state index in [1.807, 2.05) is 43.9 Å². The van der Waals surface area contributed by atoms with Gasteiger partial charge in [0.25, 0.3) is 0 Å². The van der Waals surface area contributed by atoms with Gasteiger partial charge in [-0.05, 0) is 68.5 Å². The number of piperazine rings is 1. The molecular weight excluding hydrogens is 410 g/mol. The van der Waals surface area contributed by atoms with E-state index in [-0.39, 0.29) is 18.5 Å². The van der Waals surface area contributed by atoms with E-state index in [4.69, 9.17) is 0 Å². The molecule has 31 heavy (non-hydrogen) atoms. The fourth-order valence-corrected chi connectivity index (χ4v) is 5.40. The Hall–Kier alpha value is -2.22. The van der Waals surface area contributed by atoms with Crippen molar-refractivity contribution in [3.05, 3.63) is 64.7 Å². The first-order chi connectivity index (χ1) is 14.7. The van der Waals surface area contributed by atoms with Gasteiger partial charge in [0.1, 0.15) is 0 Å². The quantitative estimate of drug-likeness (QED) is 0.714. The molecule has 2 aromatic rings. The second kappa shape index (κ2) is 9.94. The highest BCUT2D eigenvalue weighted by Crippen LogP contribution is 2.20. The van der Waals surface area contributed by atoms with Crippen LogP contribution >= 0.6 is 0 Å². The standard InChI is InChI=1S/C24H33N3O3S/c1-18-9-10-23(15-20(18)3)31(29,30)27-13-11-26(12-14-27)17-24(28)25-21(4)16-22-8-6-5-7-19(22)2/h5-10,15,21H,11-14,16-17H2,1-4H3,(H,25,28). The van der Waals surface area contributed by atoms with Gasteiger partial charge in [0, 0.05) is 32.2 Å². The molecule has 0 spiro atoms. The van der Waals surface area contributed by atoms with Crippen molar-refractivity contribution in [1.82, 2.24) is 14.5 Å². The van der Waals surface area contributed by atoms with Crippen LogP contribution in [-0.4, -0.2) is 62.3 Å². The van der Waals surface area contributed by atoms with Crippen LogP contribution in [0.4, 0.5) is 0 Å². The zero-order valence-corrected chi connectivity index (χ0v) is 19.7. The number of rotatable bonds is 7. The van der Waals surface area contributed by atoms with Gasteiger partial charge in [0.2, 0.25) is 15.9 Å². The monoisotopic (exact) mass is 443 g/mol. The number of nitrogens with one attached hydrogen (secondary N) is 1. The van der Waals surface area contributed by atoms with Crippen LogP contribution in [0.2, 0.25) is 0 Å². The number of carbonyl (C=O) groups excluding carboxylic acids is 1. The van der Waals surface area contributed by atoms with Crippen molar-refractivity contribution in [2.45, 2.75) is 45.1 Å². The summed E-state index contributed by atoms with van der Waals surface area (Å²) < 4.78 is 27.4. The molecule has 1 amide bonds. The Balaban J connectivity index is 1.49. The smallest absolute Gasteiger partial charge is 0.243 e. The molecule has 0 bridgehead atoms. The minimum Gasteiger partial charge on any atom is -0.352 e. The maximum Gasteiger partial charge on any atom is 0.243 e. The number of sulfonamides is 1. The number of benzene rings is 2. The van der Waals surface area contributed by atoms with Crippen molar-refractivity contribution in [1.29, 1.82) is 0 Å². The van der Waals surface area contributed by atoms with Crippen molar-refractivity contribution in [3.63, 3.8) is 0 Å². The fraction of sp³-hybridized carbons (Fsp3) is 0.458. The maximum absolute atomic E-state index is 13.0. The van der Waals surface area contributed by atoms with Gasteiger partial charge in [0.05, 0.1) is 11.4 Å². The van der Waals surface area contributed by atoms with E-state index < -0.39 is 10.0 Å². The van der Waals surface area contributed by atoms with E-state index in [9.17, 15) is 13.2 Å². The Morgan fingerprint density at radius 3 is 2.29 bits per heavy atom. The average molecular weight is 444 g/mol. The minimum atomic E-state index is -3.50. The predicted octanol–water partition coefficient (Wildman–Crippen LogP) is 2.67. The van der Waals surface area contributed by atoms with Crippen molar-refractivity contribution < 1.29 is 13.2 Å². The molecular formula is C24H33N3O3S. The van der Waals surface area contributed by atoms with Gasteiger partial charge in [-0.25, -0.2) is 8.42 Å². The molecule has 1 aliphatic rings. The summed E-state index contributed by atoms with van der Waals surface area (Å²) in [6.07, 6.45) is 0.792.